The number of aliphatic hydroxyl groups is 1. The van der Waals surface area contributed by atoms with Gasteiger partial charge in [0.25, 0.3) is 0 Å². The van der Waals surface area contributed by atoms with E-state index in [1.54, 1.807) is 0 Å². The minimum Gasteiger partial charge on any atom is -0.393 e. The highest BCUT2D eigenvalue weighted by molar-refractivity contribution is 5.74. The summed E-state index contributed by atoms with van der Waals surface area (Å²) in [6.45, 7) is 4.82. The van der Waals surface area contributed by atoms with Gasteiger partial charge in [-0.25, -0.2) is 4.79 Å². The molecule has 1 aliphatic carbocycles. The molecule has 1 aromatic carbocycles. The molecule has 2 rings (SSSR count). The minimum atomic E-state index is -0.181. The molecule has 0 aromatic heterocycles. The van der Waals surface area contributed by atoms with E-state index < -0.39 is 0 Å². The molecule has 1 aliphatic rings. The van der Waals surface area contributed by atoms with Crippen LogP contribution < -0.4 is 10.6 Å². The molecule has 0 heterocycles. The monoisotopic (exact) mass is 304 g/mol. The maximum absolute atomic E-state index is 12.0. The van der Waals surface area contributed by atoms with Gasteiger partial charge in [-0.15, -0.1) is 0 Å². The van der Waals surface area contributed by atoms with Crippen LogP contribution in [0, 0.1) is 12.8 Å². The highest BCUT2D eigenvalue weighted by Gasteiger charge is 2.23. The third kappa shape index (κ3) is 5.34. The molecule has 22 heavy (non-hydrogen) atoms. The van der Waals surface area contributed by atoms with Gasteiger partial charge in [0, 0.05) is 12.6 Å². The third-order valence-electron chi connectivity index (χ3n) is 4.50. The van der Waals surface area contributed by atoms with Gasteiger partial charge in [0.05, 0.1) is 6.10 Å². The van der Waals surface area contributed by atoms with Crippen LogP contribution in [0.25, 0.3) is 0 Å². The van der Waals surface area contributed by atoms with E-state index in [2.05, 4.69) is 48.7 Å². The lowest BCUT2D eigenvalue weighted by Gasteiger charge is -2.19. The normalized spacial score (nSPS) is 22.3. The number of carbonyl (C=O) groups is 1. The smallest absolute Gasteiger partial charge is 0.315 e. The Labute approximate surface area is 133 Å². The van der Waals surface area contributed by atoms with Crippen LogP contribution in [-0.4, -0.2) is 29.8 Å². The lowest BCUT2D eigenvalue weighted by Crippen LogP contribution is -2.44. The van der Waals surface area contributed by atoms with Crippen molar-refractivity contribution in [2.24, 2.45) is 5.92 Å². The van der Waals surface area contributed by atoms with E-state index in [9.17, 15) is 9.90 Å². The van der Waals surface area contributed by atoms with Gasteiger partial charge in [-0.05, 0) is 50.5 Å². The number of hydrogen-bond acceptors (Lipinski definition) is 2. The zero-order valence-electron chi connectivity index (χ0n) is 13.6. The Hall–Kier alpha value is -1.55. The van der Waals surface area contributed by atoms with Crippen LogP contribution in [0.15, 0.2) is 24.3 Å². The van der Waals surface area contributed by atoms with Gasteiger partial charge in [0.1, 0.15) is 0 Å². The lowest BCUT2D eigenvalue weighted by molar-refractivity contribution is 0.177. The molecule has 0 spiro atoms. The maximum Gasteiger partial charge on any atom is 0.315 e. The van der Waals surface area contributed by atoms with Gasteiger partial charge in [-0.2, -0.15) is 0 Å². The summed E-state index contributed by atoms with van der Waals surface area (Å²) in [4.78, 5) is 12.0. The first-order chi connectivity index (χ1) is 10.6. The van der Waals surface area contributed by atoms with Crippen molar-refractivity contribution in [2.45, 2.75) is 58.1 Å². The molecule has 0 saturated heterocycles. The molecule has 3 N–H and O–H groups in total. The molecular formula is C18H28N2O2. The zero-order chi connectivity index (χ0) is 15.9. The van der Waals surface area contributed by atoms with E-state index in [4.69, 9.17) is 0 Å². The molecule has 4 heteroatoms. The quantitative estimate of drug-likeness (QED) is 0.757. The van der Waals surface area contributed by atoms with Crippen molar-refractivity contribution in [3.8, 4) is 0 Å². The van der Waals surface area contributed by atoms with Gasteiger partial charge in [0.15, 0.2) is 0 Å². The molecule has 3 atom stereocenters. The van der Waals surface area contributed by atoms with E-state index in [-0.39, 0.29) is 18.2 Å². The highest BCUT2D eigenvalue weighted by Crippen LogP contribution is 2.24. The molecule has 1 saturated carbocycles. The Balaban J connectivity index is 1.74. The van der Waals surface area contributed by atoms with E-state index in [1.165, 1.54) is 11.1 Å². The SMILES string of the molecule is CC[C@H](Cc1ccc(C)cc1)NC(=O)NC[C@H]1CC[C@H](O)C1. The second-order valence-corrected chi connectivity index (χ2v) is 6.48. The van der Waals surface area contributed by atoms with E-state index in [0.29, 0.717) is 12.5 Å². The molecule has 4 nitrogen and oxygen atoms in total. The van der Waals surface area contributed by atoms with Crippen molar-refractivity contribution in [3.63, 3.8) is 0 Å². The van der Waals surface area contributed by atoms with Crippen molar-refractivity contribution in [1.29, 1.82) is 0 Å². The third-order valence-corrected chi connectivity index (χ3v) is 4.50. The number of aliphatic hydroxyl groups excluding tert-OH is 1. The minimum absolute atomic E-state index is 0.0969. The molecule has 2 amide bonds. The highest BCUT2D eigenvalue weighted by atomic mass is 16.3. The Morgan fingerprint density at radius 1 is 1.32 bits per heavy atom. The summed E-state index contributed by atoms with van der Waals surface area (Å²) < 4.78 is 0. The fourth-order valence-electron chi connectivity index (χ4n) is 3.01. The van der Waals surface area contributed by atoms with E-state index in [0.717, 1.165) is 32.1 Å². The Morgan fingerprint density at radius 2 is 2.05 bits per heavy atom. The second kappa shape index (κ2) is 8.18. The average molecular weight is 304 g/mol. The van der Waals surface area contributed by atoms with Crippen molar-refractivity contribution in [3.05, 3.63) is 35.4 Å². The number of hydrogen-bond donors (Lipinski definition) is 3. The predicted octanol–water partition coefficient (Wildman–Crippen LogP) is 2.78. The fraction of sp³-hybridized carbons (Fsp3) is 0.611. The Morgan fingerprint density at radius 3 is 2.64 bits per heavy atom. The molecule has 122 valence electrons. The van der Waals surface area contributed by atoms with Crippen LogP contribution in [0.4, 0.5) is 4.79 Å². The zero-order valence-corrected chi connectivity index (χ0v) is 13.6. The van der Waals surface area contributed by atoms with Crippen LogP contribution in [0.1, 0.15) is 43.7 Å². The summed E-state index contributed by atoms with van der Waals surface area (Å²) in [7, 11) is 0. The number of aryl methyl sites for hydroxylation is 1. The summed E-state index contributed by atoms with van der Waals surface area (Å²) in [5.74, 6) is 0.415. The predicted molar refractivity (Wildman–Crippen MR) is 88.8 cm³/mol. The Bertz CT molecular complexity index is 472. The van der Waals surface area contributed by atoms with Gasteiger partial charge in [-0.3, -0.25) is 0 Å². The van der Waals surface area contributed by atoms with Crippen LogP contribution in [0.3, 0.4) is 0 Å². The van der Waals surface area contributed by atoms with Gasteiger partial charge >= 0.3 is 6.03 Å². The van der Waals surface area contributed by atoms with Crippen LogP contribution >= 0.6 is 0 Å². The van der Waals surface area contributed by atoms with Crippen LogP contribution in [0.5, 0.6) is 0 Å². The van der Waals surface area contributed by atoms with Crippen molar-refractivity contribution >= 4 is 6.03 Å². The maximum atomic E-state index is 12.0. The molecule has 0 unspecified atom stereocenters. The van der Waals surface area contributed by atoms with Gasteiger partial charge in [-0.1, -0.05) is 36.8 Å². The topological polar surface area (TPSA) is 61.4 Å². The first-order valence-corrected chi connectivity index (χ1v) is 8.34. The number of urea groups is 1. The molecule has 1 fully saturated rings. The van der Waals surface area contributed by atoms with Gasteiger partial charge < -0.3 is 15.7 Å². The largest absolute Gasteiger partial charge is 0.393 e. The number of nitrogens with one attached hydrogen (secondary N) is 2. The lowest BCUT2D eigenvalue weighted by atomic mass is 10.0. The summed E-state index contributed by atoms with van der Waals surface area (Å²) in [5, 5.41) is 15.5. The summed E-state index contributed by atoms with van der Waals surface area (Å²) >= 11 is 0. The number of rotatable bonds is 6. The molecule has 0 radical (unpaired) electrons. The van der Waals surface area contributed by atoms with E-state index in [1.807, 2.05) is 0 Å². The average Bonchev–Trinajstić information content (AvgIpc) is 2.92. The molecule has 0 bridgehead atoms. The van der Waals surface area contributed by atoms with Gasteiger partial charge in [0.2, 0.25) is 0 Å². The van der Waals surface area contributed by atoms with Crippen molar-refractivity contribution < 1.29 is 9.90 Å². The van der Waals surface area contributed by atoms with E-state index >= 15 is 0 Å². The molecule has 0 aliphatic heterocycles. The van der Waals surface area contributed by atoms with Crippen LogP contribution in [0.2, 0.25) is 0 Å². The van der Waals surface area contributed by atoms with Crippen LogP contribution in [-0.2, 0) is 6.42 Å². The fourth-order valence-corrected chi connectivity index (χ4v) is 3.01. The second-order valence-electron chi connectivity index (χ2n) is 6.48. The number of carbonyl (C=O) groups excluding carboxylic acids is 1. The first-order valence-electron chi connectivity index (χ1n) is 8.34. The van der Waals surface area contributed by atoms with Crippen molar-refractivity contribution in [1.82, 2.24) is 10.6 Å². The number of benzene rings is 1. The summed E-state index contributed by atoms with van der Waals surface area (Å²) in [5.41, 5.74) is 2.50. The first kappa shape index (κ1) is 16.8. The molecule has 1 aromatic rings. The Kier molecular flexibility index (Phi) is 6.25. The summed E-state index contributed by atoms with van der Waals surface area (Å²) in [6.07, 6.45) is 4.25. The van der Waals surface area contributed by atoms with Crippen molar-refractivity contribution in [2.75, 3.05) is 6.54 Å². The molecular weight excluding hydrogens is 276 g/mol. The standard InChI is InChI=1S/C18H28N2O2/c1-3-16(10-14-6-4-13(2)5-7-14)20-18(22)19-12-15-8-9-17(21)11-15/h4-7,15-17,21H,3,8-12H2,1-2H3,(H2,19,20,22)/t15-,16+,17-/m0/s1. The number of amides is 2. The summed E-state index contributed by atoms with van der Waals surface area (Å²) in [6, 6.07) is 8.51.